The molecule has 0 heterocycles. The van der Waals surface area contributed by atoms with Gasteiger partial charge in [0.05, 0.1) is 0 Å². The van der Waals surface area contributed by atoms with Gasteiger partial charge in [-0.3, -0.25) is 0 Å². The summed E-state index contributed by atoms with van der Waals surface area (Å²) in [6, 6.07) is 0. The van der Waals surface area contributed by atoms with Gasteiger partial charge in [0, 0.05) is 6.61 Å². The second kappa shape index (κ2) is 20.1. The van der Waals surface area contributed by atoms with Crippen LogP contribution in [0.2, 0.25) is 0 Å². The van der Waals surface area contributed by atoms with Crippen molar-refractivity contribution in [3.63, 3.8) is 0 Å². The van der Waals surface area contributed by atoms with E-state index in [4.69, 9.17) is 29.5 Å². The van der Waals surface area contributed by atoms with Crippen molar-refractivity contribution >= 4 is 7.82 Å². The molecular formula is C2H10KNa2O6P. The Morgan fingerprint density at radius 3 is 1.33 bits per heavy atom. The number of hydrogen-bond acceptors (Lipinski definition) is 3. The Morgan fingerprint density at radius 1 is 1.25 bits per heavy atom. The quantitative estimate of drug-likeness (QED) is 0.269. The molecule has 62 valence electrons. The maximum Gasteiger partial charge on any atom is 1.00 e. The van der Waals surface area contributed by atoms with E-state index < -0.39 is 7.82 Å². The zero-order valence-electron chi connectivity index (χ0n) is 9.47. The molecule has 0 bridgehead atoms. The van der Waals surface area contributed by atoms with Crippen molar-refractivity contribution in [2.45, 2.75) is 0 Å². The molecule has 0 spiro atoms. The molecule has 0 unspecified atom stereocenters. The molecule has 0 saturated heterocycles. The van der Waals surface area contributed by atoms with Gasteiger partial charge in [-0.05, 0) is 0 Å². The van der Waals surface area contributed by atoms with E-state index in [0.29, 0.717) is 0 Å². The first kappa shape index (κ1) is 29.6. The molecule has 4 N–H and O–H groups in total. The molecule has 6 nitrogen and oxygen atoms in total. The maximum absolute atomic E-state index is 9.05. The van der Waals surface area contributed by atoms with Crippen LogP contribution in [0.15, 0.2) is 0 Å². The maximum atomic E-state index is 9.05. The molecule has 12 heavy (non-hydrogen) atoms. The van der Waals surface area contributed by atoms with Crippen molar-refractivity contribution < 1.29 is 143 Å². The van der Waals surface area contributed by atoms with Gasteiger partial charge in [-0.15, -0.1) is 6.61 Å². The van der Waals surface area contributed by atoms with Crippen LogP contribution in [0.3, 0.4) is 0 Å². The second-order valence-corrected chi connectivity index (χ2v) is 1.97. The molecule has 0 fully saturated rings. The largest absolute Gasteiger partial charge is 1.00 e. The van der Waals surface area contributed by atoms with E-state index in [9.17, 15) is 0 Å². The van der Waals surface area contributed by atoms with Crippen molar-refractivity contribution in [2.24, 2.45) is 0 Å². The summed E-state index contributed by atoms with van der Waals surface area (Å²) >= 11 is 0. The minimum absolute atomic E-state index is 0. The Hall–Kier alpha value is 3.67. The monoisotopic (exact) mass is 246 g/mol. The molecule has 0 aromatic rings. The zero-order chi connectivity index (χ0) is 7.91. The second-order valence-electron chi connectivity index (χ2n) is 0.941. The van der Waals surface area contributed by atoms with E-state index in [1.807, 2.05) is 0 Å². The summed E-state index contributed by atoms with van der Waals surface area (Å²) in [5, 5.41) is 16.6. The Balaban J connectivity index is -0.0000000104. The van der Waals surface area contributed by atoms with Crippen molar-refractivity contribution in [3.05, 3.63) is 0 Å². The third kappa shape index (κ3) is 101. The Morgan fingerprint density at radius 2 is 1.33 bits per heavy atom. The van der Waals surface area contributed by atoms with Gasteiger partial charge in [0.15, 0.2) is 0 Å². The van der Waals surface area contributed by atoms with Crippen molar-refractivity contribution in [1.82, 2.24) is 0 Å². The average molecular weight is 246 g/mol. The van der Waals surface area contributed by atoms with Gasteiger partial charge < -0.3 is 27.7 Å². The molecule has 0 aliphatic heterocycles. The van der Waals surface area contributed by atoms with Crippen LogP contribution in [-0.2, 0) is 4.57 Å². The summed E-state index contributed by atoms with van der Waals surface area (Å²) in [6.45, 7) is -0.611. The van der Waals surface area contributed by atoms with E-state index in [2.05, 4.69) is 0 Å². The fraction of sp³-hybridized carbons (Fsp3) is 1.00. The predicted molar refractivity (Wildman–Crippen MR) is 28.4 cm³/mol. The van der Waals surface area contributed by atoms with E-state index in [-0.39, 0.29) is 127 Å². The van der Waals surface area contributed by atoms with E-state index in [1.165, 1.54) is 0 Å². The number of phosphoric acid groups is 1. The molecule has 10 heteroatoms. The van der Waals surface area contributed by atoms with Crippen LogP contribution < -0.4 is 116 Å². The van der Waals surface area contributed by atoms with Crippen molar-refractivity contribution in [2.75, 3.05) is 13.2 Å². The van der Waals surface area contributed by atoms with Crippen LogP contribution in [-0.4, -0.2) is 33.0 Å². The molecule has 0 saturated carbocycles. The third-order valence-electron chi connectivity index (χ3n) is 0.0913. The number of aliphatic hydroxyl groups is 1. The first-order valence-corrected chi connectivity index (χ1v) is 3.45. The molecule has 0 radical (unpaired) electrons. The van der Waals surface area contributed by atoms with Gasteiger partial charge in [0.25, 0.3) is 0 Å². The third-order valence-corrected chi connectivity index (χ3v) is 0.0913. The van der Waals surface area contributed by atoms with Gasteiger partial charge in [-0.2, -0.15) is 0 Å². The Labute approximate surface area is 160 Å². The van der Waals surface area contributed by atoms with E-state index in [0.717, 1.165) is 0 Å². The summed E-state index contributed by atoms with van der Waals surface area (Å²) in [7, 11) is -4.64. The molecule has 0 aliphatic carbocycles. The minimum atomic E-state index is -4.64. The van der Waals surface area contributed by atoms with Crippen molar-refractivity contribution in [1.29, 1.82) is 0 Å². The van der Waals surface area contributed by atoms with Crippen molar-refractivity contribution in [3.8, 4) is 0 Å². The summed E-state index contributed by atoms with van der Waals surface area (Å²) in [5.41, 5.74) is 0. The molecule has 0 aromatic heterocycles. The normalized spacial score (nSPS) is 7.42. The standard InChI is InChI=1S/C2H5O2.K.2Na.H3O4P.2H/c3-1-2-4;;;;1-5(2,3)4;;/h3H,1-2H2;;;;(H3,1,2,3,4);;/q-1;3*+1;;2*-1. The van der Waals surface area contributed by atoms with Gasteiger partial charge in [-0.25, -0.2) is 4.57 Å². The first-order valence-electron chi connectivity index (χ1n) is 1.89. The SMILES string of the molecule is O=P(O)(O)O.[H-].[H-].[K+].[Na+].[Na+].[O-]CCO. The van der Waals surface area contributed by atoms with E-state index in [1.54, 1.807) is 0 Å². The Bertz CT molecular complexity index is 95.6. The average Bonchev–Trinajstić information content (AvgIpc) is 1.61. The van der Waals surface area contributed by atoms with Crippen LogP contribution in [0.25, 0.3) is 0 Å². The fourth-order valence-electron chi connectivity index (χ4n) is 0. The number of rotatable bonds is 1. The molecule has 0 aromatic carbocycles. The summed E-state index contributed by atoms with van der Waals surface area (Å²) in [6.07, 6.45) is 0. The van der Waals surface area contributed by atoms with E-state index >= 15 is 0 Å². The van der Waals surface area contributed by atoms with Crippen LogP contribution in [0.5, 0.6) is 0 Å². The van der Waals surface area contributed by atoms with Gasteiger partial charge in [0.1, 0.15) is 0 Å². The minimum Gasteiger partial charge on any atom is -1.00 e. The summed E-state index contributed by atoms with van der Waals surface area (Å²) < 4.78 is 8.88. The molecule has 0 aliphatic rings. The zero-order valence-corrected chi connectivity index (χ0v) is 15.5. The van der Waals surface area contributed by atoms with Crippen LogP contribution in [0.1, 0.15) is 2.85 Å². The number of hydrogen-bond donors (Lipinski definition) is 4. The summed E-state index contributed by atoms with van der Waals surface area (Å²) in [4.78, 5) is 21.6. The fourth-order valence-corrected chi connectivity index (χ4v) is 0. The first-order chi connectivity index (χ1) is 3.91. The van der Waals surface area contributed by atoms with Crippen LogP contribution in [0, 0.1) is 0 Å². The van der Waals surface area contributed by atoms with Gasteiger partial charge in [-0.1, -0.05) is 0 Å². The molecular weight excluding hydrogens is 236 g/mol. The van der Waals surface area contributed by atoms with Gasteiger partial charge in [0.2, 0.25) is 0 Å². The predicted octanol–water partition coefficient (Wildman–Crippen LogP) is -11.4. The van der Waals surface area contributed by atoms with Gasteiger partial charge >= 0.3 is 118 Å². The number of aliphatic hydroxyl groups excluding tert-OH is 1. The van der Waals surface area contributed by atoms with Crippen LogP contribution in [0.4, 0.5) is 0 Å². The van der Waals surface area contributed by atoms with Crippen LogP contribution >= 0.6 is 7.82 Å². The summed E-state index contributed by atoms with van der Waals surface area (Å²) in [5.74, 6) is 0. The topological polar surface area (TPSA) is 121 Å². The molecule has 0 atom stereocenters. The Kier molecular flexibility index (Phi) is 49.7. The molecule has 0 amide bonds. The molecule has 0 rings (SSSR count). The smallest absolute Gasteiger partial charge is 1.00 e.